The normalized spacial score (nSPS) is 10.5. The number of hydrogen-bond acceptors (Lipinski definition) is 2. The van der Waals surface area contributed by atoms with Crippen LogP contribution in [-0.4, -0.2) is 5.78 Å². The first kappa shape index (κ1) is 12.3. The van der Waals surface area contributed by atoms with E-state index in [0.717, 1.165) is 17.5 Å². The second kappa shape index (κ2) is 5.03. The second-order valence-corrected chi connectivity index (χ2v) is 5.60. The molecule has 1 aromatic heterocycles. The molecule has 1 heterocycles. The fourth-order valence-electron chi connectivity index (χ4n) is 1.61. The molecule has 0 bridgehead atoms. The van der Waals surface area contributed by atoms with Crippen LogP contribution < -0.4 is 0 Å². The molecule has 0 unspecified atom stereocenters. The van der Waals surface area contributed by atoms with Crippen molar-refractivity contribution in [2.75, 3.05) is 0 Å². The molecule has 0 aliphatic rings. The minimum atomic E-state index is 0.0488. The van der Waals surface area contributed by atoms with Gasteiger partial charge < -0.3 is 0 Å². The van der Waals surface area contributed by atoms with Crippen LogP contribution >= 0.6 is 22.9 Å². The summed E-state index contributed by atoms with van der Waals surface area (Å²) >= 11 is 7.32. The predicted molar refractivity (Wildman–Crippen MR) is 73.3 cm³/mol. The molecule has 2 rings (SSSR count). The van der Waals surface area contributed by atoms with E-state index in [1.807, 2.05) is 37.3 Å². The molecule has 1 nitrogen and oxygen atoms in total. The Kier molecular flexibility index (Phi) is 3.65. The summed E-state index contributed by atoms with van der Waals surface area (Å²) in [5.41, 5.74) is 2.92. The smallest absolute Gasteiger partial charge is 0.203 e. The molecule has 88 valence electrons. The van der Waals surface area contributed by atoms with Gasteiger partial charge in [0.05, 0.1) is 9.21 Å². The Morgan fingerprint density at radius 2 is 1.94 bits per heavy atom. The van der Waals surface area contributed by atoms with Gasteiger partial charge in [0, 0.05) is 5.56 Å². The number of thiophene rings is 1. The highest BCUT2D eigenvalue weighted by Gasteiger charge is 2.13. The van der Waals surface area contributed by atoms with Crippen molar-refractivity contribution in [3.8, 4) is 0 Å². The summed E-state index contributed by atoms with van der Waals surface area (Å²) in [6.07, 6.45) is 0.985. The summed E-state index contributed by atoms with van der Waals surface area (Å²) in [6.45, 7) is 4.01. The van der Waals surface area contributed by atoms with E-state index in [1.165, 1.54) is 16.9 Å². The van der Waals surface area contributed by atoms with Gasteiger partial charge in [0.15, 0.2) is 0 Å². The SMILES string of the molecule is CCc1ccc(C(=O)c2cc(C)c(Cl)s2)cc1. The van der Waals surface area contributed by atoms with Gasteiger partial charge in [0.1, 0.15) is 0 Å². The highest BCUT2D eigenvalue weighted by Crippen LogP contribution is 2.28. The summed E-state index contributed by atoms with van der Waals surface area (Å²) in [7, 11) is 0. The predicted octanol–water partition coefficient (Wildman–Crippen LogP) is 4.50. The van der Waals surface area contributed by atoms with Crippen molar-refractivity contribution in [3.63, 3.8) is 0 Å². The van der Waals surface area contributed by atoms with E-state index in [9.17, 15) is 4.79 Å². The van der Waals surface area contributed by atoms with Crippen molar-refractivity contribution in [1.82, 2.24) is 0 Å². The van der Waals surface area contributed by atoms with E-state index in [0.29, 0.717) is 9.21 Å². The van der Waals surface area contributed by atoms with Crippen molar-refractivity contribution >= 4 is 28.7 Å². The first-order valence-electron chi connectivity index (χ1n) is 5.51. The standard InChI is InChI=1S/C14H13ClOS/c1-3-10-4-6-11(7-5-10)13(16)12-8-9(2)14(15)17-12/h4-8H,3H2,1-2H3. The lowest BCUT2D eigenvalue weighted by molar-refractivity contribution is 0.104. The Bertz CT molecular complexity index is 520. The maximum Gasteiger partial charge on any atom is 0.203 e. The molecular formula is C14H13ClOS. The molecule has 17 heavy (non-hydrogen) atoms. The summed E-state index contributed by atoms with van der Waals surface area (Å²) in [5, 5.41) is 0. The lowest BCUT2D eigenvalue weighted by atomic mass is 10.1. The van der Waals surface area contributed by atoms with Gasteiger partial charge in [-0.15, -0.1) is 11.3 Å². The zero-order valence-electron chi connectivity index (χ0n) is 9.79. The summed E-state index contributed by atoms with van der Waals surface area (Å²) in [4.78, 5) is 12.9. The Hall–Kier alpha value is -1.12. The van der Waals surface area contributed by atoms with Crippen molar-refractivity contribution in [2.45, 2.75) is 20.3 Å². The van der Waals surface area contributed by atoms with E-state index in [1.54, 1.807) is 0 Å². The van der Waals surface area contributed by atoms with Crippen molar-refractivity contribution in [1.29, 1.82) is 0 Å². The second-order valence-electron chi connectivity index (χ2n) is 3.95. The van der Waals surface area contributed by atoms with Crippen molar-refractivity contribution < 1.29 is 4.79 Å². The van der Waals surface area contributed by atoms with Crippen molar-refractivity contribution in [3.05, 3.63) is 56.2 Å². The van der Waals surface area contributed by atoms with E-state index in [-0.39, 0.29) is 5.78 Å². The fourth-order valence-corrected chi connectivity index (χ4v) is 2.77. The van der Waals surface area contributed by atoms with Gasteiger partial charge in [0.25, 0.3) is 0 Å². The average molecular weight is 265 g/mol. The Balaban J connectivity index is 2.30. The third-order valence-corrected chi connectivity index (χ3v) is 4.26. The van der Waals surface area contributed by atoms with Gasteiger partial charge in [-0.05, 0) is 30.5 Å². The number of benzene rings is 1. The van der Waals surface area contributed by atoms with Gasteiger partial charge in [-0.3, -0.25) is 4.79 Å². The molecule has 0 radical (unpaired) electrons. The number of carbonyl (C=O) groups is 1. The molecule has 0 saturated carbocycles. The third-order valence-electron chi connectivity index (χ3n) is 2.71. The number of aryl methyl sites for hydroxylation is 2. The highest BCUT2D eigenvalue weighted by molar-refractivity contribution is 7.18. The van der Waals surface area contributed by atoms with Crippen LogP contribution in [0.2, 0.25) is 4.34 Å². The van der Waals surface area contributed by atoms with Crippen LogP contribution in [0.4, 0.5) is 0 Å². The molecule has 0 fully saturated rings. The highest BCUT2D eigenvalue weighted by atomic mass is 35.5. The van der Waals surface area contributed by atoms with Crippen LogP contribution in [0.1, 0.15) is 33.3 Å². The van der Waals surface area contributed by atoms with Gasteiger partial charge in [-0.25, -0.2) is 0 Å². The Morgan fingerprint density at radius 3 is 2.41 bits per heavy atom. The number of rotatable bonds is 3. The molecule has 0 amide bonds. The van der Waals surface area contributed by atoms with Crippen LogP contribution in [0.25, 0.3) is 0 Å². The molecule has 0 saturated heterocycles. The minimum absolute atomic E-state index is 0.0488. The fraction of sp³-hybridized carbons (Fsp3) is 0.214. The van der Waals surface area contributed by atoms with E-state index in [4.69, 9.17) is 11.6 Å². The molecule has 0 aliphatic heterocycles. The Labute approximate surface area is 110 Å². The number of carbonyl (C=O) groups excluding carboxylic acids is 1. The molecule has 0 atom stereocenters. The molecule has 0 spiro atoms. The molecule has 0 aliphatic carbocycles. The van der Waals surface area contributed by atoms with Crippen LogP contribution in [0.15, 0.2) is 30.3 Å². The maximum absolute atomic E-state index is 12.2. The van der Waals surface area contributed by atoms with Crippen LogP contribution in [0, 0.1) is 6.92 Å². The van der Waals surface area contributed by atoms with Crippen molar-refractivity contribution in [2.24, 2.45) is 0 Å². The zero-order chi connectivity index (χ0) is 12.4. The Morgan fingerprint density at radius 1 is 1.29 bits per heavy atom. The zero-order valence-corrected chi connectivity index (χ0v) is 11.4. The van der Waals surface area contributed by atoms with E-state index in [2.05, 4.69) is 6.92 Å². The number of halogens is 1. The third kappa shape index (κ3) is 2.59. The van der Waals surface area contributed by atoms with Gasteiger partial charge in [-0.2, -0.15) is 0 Å². The topological polar surface area (TPSA) is 17.1 Å². The molecule has 0 N–H and O–H groups in total. The lowest BCUT2D eigenvalue weighted by Crippen LogP contribution is -1.98. The van der Waals surface area contributed by atoms with Crippen LogP contribution in [0.3, 0.4) is 0 Å². The van der Waals surface area contributed by atoms with Crippen LogP contribution in [-0.2, 0) is 6.42 Å². The summed E-state index contributed by atoms with van der Waals surface area (Å²) in [6, 6.07) is 9.60. The molecule has 2 aromatic rings. The average Bonchev–Trinajstić information content (AvgIpc) is 2.69. The van der Waals surface area contributed by atoms with Gasteiger partial charge >= 0.3 is 0 Å². The van der Waals surface area contributed by atoms with Gasteiger partial charge in [0.2, 0.25) is 5.78 Å². The molecule has 3 heteroatoms. The summed E-state index contributed by atoms with van der Waals surface area (Å²) in [5.74, 6) is 0.0488. The summed E-state index contributed by atoms with van der Waals surface area (Å²) < 4.78 is 0.693. The van der Waals surface area contributed by atoms with E-state index >= 15 is 0 Å². The largest absolute Gasteiger partial charge is 0.288 e. The first-order valence-corrected chi connectivity index (χ1v) is 6.71. The lowest BCUT2D eigenvalue weighted by Gasteiger charge is -2.00. The minimum Gasteiger partial charge on any atom is -0.288 e. The van der Waals surface area contributed by atoms with Gasteiger partial charge in [-0.1, -0.05) is 42.8 Å². The monoisotopic (exact) mass is 264 g/mol. The van der Waals surface area contributed by atoms with Crippen LogP contribution in [0.5, 0.6) is 0 Å². The molecule has 1 aromatic carbocycles. The number of hydrogen-bond donors (Lipinski definition) is 0. The quantitative estimate of drug-likeness (QED) is 0.746. The van der Waals surface area contributed by atoms with E-state index < -0.39 is 0 Å². The molecular weight excluding hydrogens is 252 g/mol. The number of ketones is 1. The maximum atomic E-state index is 12.2. The first-order chi connectivity index (χ1) is 8.11.